The number of nitrogens with one attached hydrogen (secondary N) is 4. The first-order chi connectivity index (χ1) is 14.9. The lowest BCUT2D eigenvalue weighted by Crippen LogP contribution is -2.34. The van der Waals surface area contributed by atoms with Gasteiger partial charge in [-0.05, 0) is 42.5 Å². The van der Waals surface area contributed by atoms with Gasteiger partial charge in [-0.1, -0.05) is 0 Å². The van der Waals surface area contributed by atoms with Gasteiger partial charge in [0, 0.05) is 30.0 Å². The van der Waals surface area contributed by atoms with Crippen LogP contribution in [0.25, 0.3) is 0 Å². The van der Waals surface area contributed by atoms with E-state index in [9.17, 15) is 18.4 Å². The van der Waals surface area contributed by atoms with Gasteiger partial charge in [0.05, 0.1) is 29.5 Å². The Kier molecular flexibility index (Phi) is 8.22. The van der Waals surface area contributed by atoms with Gasteiger partial charge in [0.15, 0.2) is 11.6 Å². The molecule has 2 aromatic carbocycles. The van der Waals surface area contributed by atoms with Crippen LogP contribution in [0.5, 0.6) is 0 Å². The van der Waals surface area contributed by atoms with Crippen molar-refractivity contribution in [3.63, 3.8) is 0 Å². The standard InChI is InChI=1S/C21H20F2N6O2/c22-16-6-3-14(9-17(16)23)20(25)19(21(26)31)18(11-27-12-30)29-8-7-28-15-4-1-13(10-24)2-5-15/h1-6,9,12,25,28-29H,7-8,11H2,(H2,26,31)(H,27,30)/b19-18+,25-20?. The van der Waals surface area contributed by atoms with Crippen LogP contribution in [-0.2, 0) is 9.59 Å². The highest BCUT2D eigenvalue weighted by Gasteiger charge is 2.20. The third-order valence-electron chi connectivity index (χ3n) is 4.18. The predicted molar refractivity (Wildman–Crippen MR) is 111 cm³/mol. The van der Waals surface area contributed by atoms with Crippen LogP contribution in [0.4, 0.5) is 14.5 Å². The summed E-state index contributed by atoms with van der Waals surface area (Å²) in [5.41, 5.74) is 6.15. The van der Waals surface area contributed by atoms with Crippen molar-refractivity contribution in [3.05, 3.63) is 76.5 Å². The summed E-state index contributed by atoms with van der Waals surface area (Å²) in [6, 6.07) is 11.6. The first kappa shape index (κ1) is 23.0. The zero-order valence-corrected chi connectivity index (χ0v) is 16.3. The molecule has 0 atom stereocenters. The number of nitrogens with two attached hydrogens (primary N) is 1. The van der Waals surface area contributed by atoms with Crippen LogP contribution in [0.1, 0.15) is 11.1 Å². The summed E-state index contributed by atoms with van der Waals surface area (Å²) in [7, 11) is 0. The van der Waals surface area contributed by atoms with Gasteiger partial charge < -0.3 is 21.7 Å². The van der Waals surface area contributed by atoms with Gasteiger partial charge in [0.2, 0.25) is 6.41 Å². The monoisotopic (exact) mass is 426 g/mol. The Morgan fingerprint density at radius 2 is 1.84 bits per heavy atom. The molecule has 160 valence electrons. The largest absolute Gasteiger partial charge is 0.384 e. The third kappa shape index (κ3) is 6.37. The number of hydrogen-bond acceptors (Lipinski definition) is 6. The van der Waals surface area contributed by atoms with Crippen molar-refractivity contribution >= 4 is 23.7 Å². The second kappa shape index (κ2) is 11.1. The normalized spacial score (nSPS) is 11.0. The van der Waals surface area contributed by atoms with E-state index in [-0.39, 0.29) is 29.9 Å². The Morgan fingerprint density at radius 1 is 1.13 bits per heavy atom. The maximum Gasteiger partial charge on any atom is 0.252 e. The fourth-order valence-corrected chi connectivity index (χ4v) is 2.68. The van der Waals surface area contributed by atoms with Crippen LogP contribution in [0, 0.1) is 28.4 Å². The average molecular weight is 426 g/mol. The second-order valence-corrected chi connectivity index (χ2v) is 6.26. The van der Waals surface area contributed by atoms with Crippen molar-refractivity contribution in [2.24, 2.45) is 5.73 Å². The first-order valence-electron chi connectivity index (χ1n) is 9.09. The summed E-state index contributed by atoms with van der Waals surface area (Å²) in [5, 5.41) is 25.5. The molecule has 0 saturated heterocycles. The zero-order valence-electron chi connectivity index (χ0n) is 16.3. The molecule has 0 aromatic heterocycles. The van der Waals surface area contributed by atoms with E-state index < -0.39 is 23.3 Å². The summed E-state index contributed by atoms with van der Waals surface area (Å²) < 4.78 is 26.8. The topological polar surface area (TPSA) is 144 Å². The maximum absolute atomic E-state index is 13.6. The van der Waals surface area contributed by atoms with Gasteiger partial charge in [0.1, 0.15) is 0 Å². The van der Waals surface area contributed by atoms with E-state index in [0.29, 0.717) is 18.5 Å². The van der Waals surface area contributed by atoms with Crippen molar-refractivity contribution in [2.45, 2.75) is 0 Å². The lowest BCUT2D eigenvalue weighted by atomic mass is 9.99. The van der Waals surface area contributed by atoms with Crippen molar-refractivity contribution < 1.29 is 18.4 Å². The Hall–Kier alpha value is -4.26. The van der Waals surface area contributed by atoms with E-state index in [1.54, 1.807) is 24.3 Å². The average Bonchev–Trinajstić information content (AvgIpc) is 2.76. The molecule has 0 radical (unpaired) electrons. The quantitative estimate of drug-likeness (QED) is 0.160. The number of rotatable bonds is 11. The van der Waals surface area contributed by atoms with Gasteiger partial charge in [-0.2, -0.15) is 5.26 Å². The molecule has 0 aliphatic rings. The number of hydrogen-bond donors (Lipinski definition) is 5. The number of benzene rings is 2. The molecule has 31 heavy (non-hydrogen) atoms. The molecule has 0 aliphatic heterocycles. The molecule has 10 heteroatoms. The van der Waals surface area contributed by atoms with Crippen LogP contribution in [0.15, 0.2) is 53.7 Å². The lowest BCUT2D eigenvalue weighted by Gasteiger charge is -2.17. The van der Waals surface area contributed by atoms with Crippen LogP contribution < -0.4 is 21.7 Å². The van der Waals surface area contributed by atoms with E-state index in [4.69, 9.17) is 16.4 Å². The zero-order chi connectivity index (χ0) is 22.8. The number of nitriles is 1. The molecule has 8 nitrogen and oxygen atoms in total. The molecule has 0 unspecified atom stereocenters. The lowest BCUT2D eigenvalue weighted by molar-refractivity contribution is -0.114. The van der Waals surface area contributed by atoms with E-state index >= 15 is 0 Å². The molecule has 0 fully saturated rings. The van der Waals surface area contributed by atoms with Gasteiger partial charge in [-0.25, -0.2) is 8.78 Å². The first-order valence-corrected chi connectivity index (χ1v) is 9.09. The Balaban J connectivity index is 2.18. The smallest absolute Gasteiger partial charge is 0.252 e. The predicted octanol–water partition coefficient (Wildman–Crippen LogP) is 1.39. The number of amides is 2. The van der Waals surface area contributed by atoms with Crippen molar-refractivity contribution in [2.75, 3.05) is 25.0 Å². The van der Waals surface area contributed by atoms with Gasteiger partial charge in [-0.3, -0.25) is 15.0 Å². The second-order valence-electron chi connectivity index (χ2n) is 6.26. The molecule has 2 amide bonds. The molecular formula is C21H20F2N6O2. The molecule has 2 rings (SSSR count). The number of carbonyl (C=O) groups excluding carboxylic acids is 2. The van der Waals surface area contributed by atoms with Crippen LogP contribution in [0.3, 0.4) is 0 Å². The highest BCUT2D eigenvalue weighted by molar-refractivity contribution is 6.26. The highest BCUT2D eigenvalue weighted by Crippen LogP contribution is 2.15. The Labute approximate surface area is 177 Å². The number of primary amides is 1. The van der Waals surface area contributed by atoms with Gasteiger partial charge >= 0.3 is 0 Å². The fourth-order valence-electron chi connectivity index (χ4n) is 2.68. The van der Waals surface area contributed by atoms with Crippen molar-refractivity contribution in [3.8, 4) is 6.07 Å². The molecule has 2 aromatic rings. The molecular weight excluding hydrogens is 406 g/mol. The minimum absolute atomic E-state index is 0.0474. The van der Waals surface area contributed by atoms with Crippen LogP contribution >= 0.6 is 0 Å². The molecule has 0 heterocycles. The summed E-state index contributed by atoms with van der Waals surface area (Å²) in [6.07, 6.45) is 0.413. The SMILES string of the molecule is N#Cc1ccc(NCCN/C(CNC=O)=C(\C(=N)c2ccc(F)c(F)c2)C(N)=O)cc1. The van der Waals surface area contributed by atoms with Gasteiger partial charge in [0.25, 0.3) is 5.91 Å². The summed E-state index contributed by atoms with van der Waals surface area (Å²) >= 11 is 0. The Bertz CT molecular complexity index is 1040. The van der Waals surface area contributed by atoms with Crippen LogP contribution in [0.2, 0.25) is 0 Å². The summed E-state index contributed by atoms with van der Waals surface area (Å²) in [6.45, 7) is 0.531. The van der Waals surface area contributed by atoms with Gasteiger partial charge in [-0.15, -0.1) is 0 Å². The van der Waals surface area contributed by atoms with Crippen molar-refractivity contribution in [1.29, 1.82) is 10.7 Å². The van der Waals surface area contributed by atoms with E-state index in [1.165, 1.54) is 0 Å². The number of carbonyl (C=O) groups is 2. The molecule has 0 spiro atoms. The Morgan fingerprint density at radius 3 is 2.42 bits per heavy atom. The number of nitrogens with zero attached hydrogens (tertiary/aromatic N) is 1. The maximum atomic E-state index is 13.6. The van der Waals surface area contributed by atoms with E-state index in [2.05, 4.69) is 16.0 Å². The number of anilines is 1. The van der Waals surface area contributed by atoms with E-state index in [1.807, 2.05) is 6.07 Å². The summed E-state index contributed by atoms with van der Waals surface area (Å²) in [4.78, 5) is 22.8. The van der Waals surface area contributed by atoms with Crippen molar-refractivity contribution in [1.82, 2.24) is 10.6 Å². The fraction of sp³-hybridized carbons (Fsp3) is 0.143. The highest BCUT2D eigenvalue weighted by atomic mass is 19.2. The summed E-state index contributed by atoms with van der Waals surface area (Å²) in [5.74, 6) is -3.22. The molecule has 0 bridgehead atoms. The van der Waals surface area contributed by atoms with Crippen LogP contribution in [-0.4, -0.2) is 37.7 Å². The minimum Gasteiger partial charge on any atom is -0.384 e. The van der Waals surface area contributed by atoms with E-state index in [0.717, 1.165) is 23.9 Å². The molecule has 6 N–H and O–H groups in total. The molecule has 0 saturated carbocycles. The minimum atomic E-state index is -1.17. The third-order valence-corrected chi connectivity index (χ3v) is 4.18. The molecule has 0 aliphatic carbocycles. The number of halogens is 2.